The second kappa shape index (κ2) is 10.5. The van der Waals surface area contributed by atoms with Gasteiger partial charge in [-0.3, -0.25) is 24.9 Å². The van der Waals surface area contributed by atoms with E-state index in [-0.39, 0.29) is 30.5 Å². The number of hydrogen-bond acceptors (Lipinski definition) is 10. The number of likely N-dealkylation sites (N-methyl/N-ethyl adjacent to an activating group) is 1. The van der Waals surface area contributed by atoms with Crippen LogP contribution in [0.1, 0.15) is 0 Å². The highest BCUT2D eigenvalue weighted by atomic mass is 19.1. The van der Waals surface area contributed by atoms with Crippen LogP contribution in [0.2, 0.25) is 0 Å². The molecule has 0 aliphatic carbocycles. The zero-order valence-corrected chi connectivity index (χ0v) is 19.5. The van der Waals surface area contributed by atoms with E-state index in [1.54, 1.807) is 11.9 Å². The maximum atomic E-state index is 15.0. The zero-order valence-electron chi connectivity index (χ0n) is 19.5. The number of pyridine rings is 1. The van der Waals surface area contributed by atoms with E-state index in [2.05, 4.69) is 37.6 Å². The molecule has 1 amide bonds. The van der Waals surface area contributed by atoms with Crippen molar-refractivity contribution < 1.29 is 13.6 Å². The van der Waals surface area contributed by atoms with Gasteiger partial charge in [-0.1, -0.05) is 5.18 Å². The van der Waals surface area contributed by atoms with Crippen molar-refractivity contribution in [2.24, 2.45) is 16.8 Å². The summed E-state index contributed by atoms with van der Waals surface area (Å²) in [6, 6.07) is 0.248. The first kappa shape index (κ1) is 24.8. The topological polar surface area (TPSA) is 122 Å². The molecular weight excluding hydrogens is 448 g/mol. The van der Waals surface area contributed by atoms with Gasteiger partial charge in [0.1, 0.15) is 17.8 Å². The zero-order chi connectivity index (χ0) is 24.4. The van der Waals surface area contributed by atoms with E-state index in [4.69, 9.17) is 5.73 Å². The number of anilines is 2. The van der Waals surface area contributed by atoms with E-state index < -0.39 is 36.1 Å². The Morgan fingerprint density at radius 1 is 1.24 bits per heavy atom. The predicted octanol–water partition coefficient (Wildman–Crippen LogP) is -0.538. The molecule has 0 aromatic carbocycles. The van der Waals surface area contributed by atoms with Crippen LogP contribution in [0.3, 0.4) is 0 Å². The maximum absolute atomic E-state index is 15.0. The lowest BCUT2D eigenvalue weighted by molar-refractivity contribution is -0.124. The van der Waals surface area contributed by atoms with E-state index in [0.29, 0.717) is 13.1 Å². The number of piperazine rings is 2. The lowest BCUT2D eigenvalue weighted by Crippen LogP contribution is -2.63. The van der Waals surface area contributed by atoms with Gasteiger partial charge >= 0.3 is 0 Å². The average molecular weight is 482 g/mol. The fraction of sp³-hybridized carbons (Fsp3) is 0.714. The minimum atomic E-state index is -1.37. The van der Waals surface area contributed by atoms with Crippen LogP contribution in [-0.2, 0) is 4.79 Å². The fourth-order valence-electron chi connectivity index (χ4n) is 5.22. The Hall–Kier alpha value is -2.32. The van der Waals surface area contributed by atoms with Crippen molar-refractivity contribution in [1.82, 2.24) is 25.0 Å². The molecule has 4 N–H and O–H groups in total. The number of carbonyl (C=O) groups excluding carboxylic acids is 1. The third-order valence-electron chi connectivity index (χ3n) is 6.98. The van der Waals surface area contributed by atoms with Gasteiger partial charge in [0.15, 0.2) is 12.0 Å². The Morgan fingerprint density at radius 2 is 2.00 bits per heavy atom. The van der Waals surface area contributed by atoms with Gasteiger partial charge in [-0.25, -0.2) is 8.78 Å². The number of halogens is 2. The number of nitrogens with one attached hydrogen (secondary N) is 2. The normalized spacial score (nSPS) is 28.7. The predicted molar refractivity (Wildman–Crippen MR) is 124 cm³/mol. The van der Waals surface area contributed by atoms with Gasteiger partial charge in [-0.05, 0) is 14.1 Å². The second-order valence-electron chi connectivity index (χ2n) is 9.42. The highest BCUT2D eigenvalue weighted by molar-refractivity contribution is 5.96. The molecule has 4 rings (SSSR count). The number of nitroso groups, excluding NO2 is 1. The molecule has 188 valence electrons. The summed E-state index contributed by atoms with van der Waals surface area (Å²) in [5.74, 6) is -2.27. The fourth-order valence-corrected chi connectivity index (χ4v) is 5.22. The molecule has 1 aromatic heterocycles. The van der Waals surface area contributed by atoms with Crippen LogP contribution in [0.4, 0.5) is 20.2 Å². The monoisotopic (exact) mass is 481 g/mol. The molecular formula is C21H33F2N9O2. The Kier molecular flexibility index (Phi) is 7.67. The quantitative estimate of drug-likeness (QED) is 0.460. The lowest BCUT2D eigenvalue weighted by Gasteiger charge is -2.47. The molecule has 0 saturated carbocycles. The van der Waals surface area contributed by atoms with Crippen molar-refractivity contribution in [2.45, 2.75) is 24.5 Å². The molecule has 3 aliphatic heterocycles. The Morgan fingerprint density at radius 3 is 2.74 bits per heavy atom. The van der Waals surface area contributed by atoms with Crippen LogP contribution in [0.5, 0.6) is 0 Å². The second-order valence-corrected chi connectivity index (χ2v) is 9.42. The summed E-state index contributed by atoms with van der Waals surface area (Å²) in [6.45, 7) is 4.96. The van der Waals surface area contributed by atoms with Crippen LogP contribution in [-0.4, -0.2) is 117 Å². The Labute approximate surface area is 197 Å². The van der Waals surface area contributed by atoms with Crippen LogP contribution < -0.4 is 21.3 Å². The summed E-state index contributed by atoms with van der Waals surface area (Å²) in [6.07, 6.45) is -0.670. The number of nitrogens with two attached hydrogens (primary N) is 1. The van der Waals surface area contributed by atoms with E-state index >= 15 is 4.39 Å². The number of carbonyl (C=O) groups is 1. The third kappa shape index (κ3) is 5.18. The SMILES string of the molecule is CN1CCN2CCN(c3c(F)cncc3NC(=O)C(C(N)N=O)C3NCC(F)CN3C)CC2C1. The smallest absolute Gasteiger partial charge is 0.234 e. The maximum Gasteiger partial charge on any atom is 0.234 e. The number of nitrogens with zero attached hydrogens (tertiary/aromatic N) is 6. The van der Waals surface area contributed by atoms with Gasteiger partial charge in [0.25, 0.3) is 0 Å². The van der Waals surface area contributed by atoms with Crippen molar-refractivity contribution in [2.75, 3.05) is 76.7 Å². The summed E-state index contributed by atoms with van der Waals surface area (Å²) in [5, 5.41) is 8.51. The molecule has 34 heavy (non-hydrogen) atoms. The molecule has 11 nitrogen and oxygen atoms in total. The largest absolute Gasteiger partial charge is 0.364 e. The molecule has 0 radical (unpaired) electrons. The van der Waals surface area contributed by atoms with Gasteiger partial charge in [0, 0.05) is 58.4 Å². The van der Waals surface area contributed by atoms with Crippen molar-refractivity contribution >= 4 is 17.3 Å². The number of hydrogen-bond donors (Lipinski definition) is 3. The Balaban J connectivity index is 1.55. The Bertz CT molecular complexity index is 894. The number of amides is 1. The van der Waals surface area contributed by atoms with E-state index in [1.807, 2.05) is 4.90 Å². The number of rotatable bonds is 6. The molecule has 13 heteroatoms. The number of fused-ring (bicyclic) bond motifs is 1. The molecule has 0 spiro atoms. The van der Waals surface area contributed by atoms with Gasteiger partial charge in [0.05, 0.1) is 24.2 Å². The van der Waals surface area contributed by atoms with Crippen LogP contribution >= 0.6 is 0 Å². The van der Waals surface area contributed by atoms with Gasteiger partial charge in [-0.15, -0.1) is 4.91 Å². The highest BCUT2D eigenvalue weighted by Crippen LogP contribution is 2.32. The van der Waals surface area contributed by atoms with E-state index in [0.717, 1.165) is 32.4 Å². The minimum Gasteiger partial charge on any atom is -0.364 e. The molecule has 1 aromatic rings. The number of aromatic nitrogens is 1. The van der Waals surface area contributed by atoms with Crippen molar-refractivity contribution in [3.8, 4) is 0 Å². The standard InChI is InChI=1S/C21H33F2N9O2/c1-29-3-4-31-5-6-32(12-14(31)11-29)18-15(23)8-25-9-16(18)27-21(33)17(19(24)28-34)20-26-7-13(22)10-30(20)2/h8-9,13-14,17,19-20,26H,3-7,10-12,24H2,1-2H3,(H,27,33). The molecule has 5 atom stereocenters. The average Bonchev–Trinajstić information content (AvgIpc) is 2.80. The molecule has 3 aliphatic rings. The molecule has 3 saturated heterocycles. The molecule has 4 heterocycles. The molecule has 3 fully saturated rings. The van der Waals surface area contributed by atoms with Gasteiger partial charge in [-0.2, -0.15) is 0 Å². The van der Waals surface area contributed by atoms with Gasteiger partial charge < -0.3 is 20.9 Å². The highest BCUT2D eigenvalue weighted by Gasteiger charge is 2.41. The third-order valence-corrected chi connectivity index (χ3v) is 6.98. The summed E-state index contributed by atoms with van der Waals surface area (Å²) >= 11 is 0. The van der Waals surface area contributed by atoms with Crippen LogP contribution in [0, 0.1) is 16.6 Å². The molecule has 0 bridgehead atoms. The minimum absolute atomic E-state index is 0.0250. The summed E-state index contributed by atoms with van der Waals surface area (Å²) in [7, 11) is 3.71. The van der Waals surface area contributed by atoms with E-state index in [9.17, 15) is 14.1 Å². The first-order valence-electron chi connectivity index (χ1n) is 11.6. The lowest BCUT2D eigenvalue weighted by atomic mass is 9.98. The first-order chi connectivity index (χ1) is 16.3. The summed E-state index contributed by atoms with van der Waals surface area (Å²) in [4.78, 5) is 36.7. The van der Waals surface area contributed by atoms with Crippen molar-refractivity contribution in [3.63, 3.8) is 0 Å². The summed E-state index contributed by atoms with van der Waals surface area (Å²) in [5.41, 5.74) is 6.35. The van der Waals surface area contributed by atoms with Crippen LogP contribution in [0.25, 0.3) is 0 Å². The van der Waals surface area contributed by atoms with E-state index in [1.165, 1.54) is 6.20 Å². The first-order valence-corrected chi connectivity index (χ1v) is 11.6. The van der Waals surface area contributed by atoms with Gasteiger partial charge in [0.2, 0.25) is 5.91 Å². The van der Waals surface area contributed by atoms with Crippen molar-refractivity contribution in [1.29, 1.82) is 0 Å². The number of alkyl halides is 1. The summed E-state index contributed by atoms with van der Waals surface area (Å²) < 4.78 is 28.8. The van der Waals surface area contributed by atoms with Crippen LogP contribution in [0.15, 0.2) is 17.6 Å². The molecule has 5 unspecified atom stereocenters. The van der Waals surface area contributed by atoms with Crippen molar-refractivity contribution in [3.05, 3.63) is 23.1 Å².